The maximum absolute atomic E-state index is 13.7. The summed E-state index contributed by atoms with van der Waals surface area (Å²) in [4.78, 5) is 26.9. The molecule has 0 radical (unpaired) electrons. The Labute approximate surface area is 174 Å². The van der Waals surface area contributed by atoms with Crippen LogP contribution in [-0.2, 0) is 12.6 Å². The van der Waals surface area contributed by atoms with Gasteiger partial charge >= 0.3 is 6.18 Å². The Morgan fingerprint density at radius 1 is 1.03 bits per heavy atom. The van der Waals surface area contributed by atoms with E-state index >= 15 is 0 Å². The molecule has 0 spiro atoms. The fourth-order valence-electron chi connectivity index (χ4n) is 4.06. The molecule has 0 saturated carbocycles. The summed E-state index contributed by atoms with van der Waals surface area (Å²) >= 11 is 0. The van der Waals surface area contributed by atoms with Crippen LogP contribution in [0.2, 0.25) is 0 Å². The van der Waals surface area contributed by atoms with E-state index in [2.05, 4.69) is 10.3 Å². The van der Waals surface area contributed by atoms with Crippen molar-refractivity contribution in [2.24, 2.45) is 0 Å². The zero-order chi connectivity index (χ0) is 22.2. The Hall–Kier alpha value is -3.42. The molecule has 31 heavy (non-hydrogen) atoms. The molecule has 0 saturated heterocycles. The highest BCUT2D eigenvalue weighted by Crippen LogP contribution is 2.41. The normalized spacial score (nSPS) is 15.9. The van der Waals surface area contributed by atoms with Crippen LogP contribution in [0.15, 0.2) is 59.5 Å². The van der Waals surface area contributed by atoms with Gasteiger partial charge in [0.1, 0.15) is 5.82 Å². The van der Waals surface area contributed by atoms with Gasteiger partial charge < -0.3 is 10.3 Å². The molecular weight excluding hydrogens is 412 g/mol. The van der Waals surface area contributed by atoms with E-state index in [-0.39, 0.29) is 16.8 Å². The van der Waals surface area contributed by atoms with Crippen LogP contribution in [0.1, 0.15) is 51.4 Å². The van der Waals surface area contributed by atoms with Gasteiger partial charge in [-0.1, -0.05) is 6.07 Å². The van der Waals surface area contributed by atoms with Gasteiger partial charge in [-0.15, -0.1) is 0 Å². The number of H-pyrrole nitrogens is 1. The number of aromatic nitrogens is 1. The van der Waals surface area contributed by atoms with Crippen LogP contribution in [0.3, 0.4) is 0 Å². The highest BCUT2D eigenvalue weighted by molar-refractivity contribution is 6.05. The largest absolute Gasteiger partial charge is 0.416 e. The predicted octanol–water partition coefficient (Wildman–Crippen LogP) is 5.25. The van der Waals surface area contributed by atoms with E-state index in [1.165, 1.54) is 30.5 Å². The van der Waals surface area contributed by atoms with Crippen molar-refractivity contribution in [2.45, 2.75) is 31.4 Å². The molecule has 1 heterocycles. The van der Waals surface area contributed by atoms with Crippen molar-refractivity contribution in [2.75, 3.05) is 5.32 Å². The van der Waals surface area contributed by atoms with E-state index in [1.807, 2.05) is 0 Å². The molecule has 4 rings (SSSR count). The highest BCUT2D eigenvalue weighted by atomic mass is 19.4. The average Bonchev–Trinajstić information content (AvgIpc) is 2.72. The molecule has 2 N–H and O–H groups in total. The first kappa shape index (κ1) is 20.8. The van der Waals surface area contributed by atoms with Gasteiger partial charge in [0.2, 0.25) is 5.56 Å². The van der Waals surface area contributed by atoms with Crippen molar-refractivity contribution in [1.29, 1.82) is 0 Å². The number of carbonyl (C=O) groups is 1. The van der Waals surface area contributed by atoms with Crippen LogP contribution in [0, 0.1) is 5.82 Å². The SMILES string of the molecule is O=C(Nc1cc[nH]c(=O)c1)c1ccc(C(F)(F)F)cc1C1CCCc2cc(F)ccc21. The quantitative estimate of drug-likeness (QED) is 0.558. The second-order valence-corrected chi connectivity index (χ2v) is 7.48. The molecule has 0 bridgehead atoms. The standard InChI is InChI=1S/C23H18F4N2O2/c24-15-5-7-17-13(10-15)2-1-3-18(17)20-11-14(23(25,26)27)4-6-19(20)22(31)29-16-8-9-28-21(30)12-16/h4-12,18H,1-3H2,(H2,28,29,30,31). The lowest BCUT2D eigenvalue weighted by Gasteiger charge is -2.28. The molecule has 160 valence electrons. The van der Waals surface area contributed by atoms with Crippen LogP contribution in [0.25, 0.3) is 0 Å². The summed E-state index contributed by atoms with van der Waals surface area (Å²) in [7, 11) is 0. The van der Waals surface area contributed by atoms with Gasteiger partial charge in [0.05, 0.1) is 5.56 Å². The third kappa shape index (κ3) is 4.38. The Bertz CT molecular complexity index is 1200. The van der Waals surface area contributed by atoms with Crippen LogP contribution >= 0.6 is 0 Å². The minimum Gasteiger partial charge on any atom is -0.329 e. The number of aromatic amines is 1. The van der Waals surface area contributed by atoms with Crippen molar-refractivity contribution in [3.63, 3.8) is 0 Å². The molecule has 1 aliphatic rings. The predicted molar refractivity (Wildman–Crippen MR) is 108 cm³/mol. The first-order chi connectivity index (χ1) is 14.7. The number of hydrogen-bond acceptors (Lipinski definition) is 2. The second-order valence-electron chi connectivity index (χ2n) is 7.48. The number of hydrogen-bond donors (Lipinski definition) is 2. The number of benzene rings is 2. The lowest BCUT2D eigenvalue weighted by atomic mass is 9.77. The second kappa shape index (κ2) is 8.02. The van der Waals surface area contributed by atoms with Crippen molar-refractivity contribution >= 4 is 11.6 Å². The Balaban J connectivity index is 1.80. The smallest absolute Gasteiger partial charge is 0.329 e. The summed E-state index contributed by atoms with van der Waals surface area (Å²) in [6, 6.07) is 9.92. The molecule has 4 nitrogen and oxygen atoms in total. The van der Waals surface area contributed by atoms with E-state index < -0.39 is 34.9 Å². The lowest BCUT2D eigenvalue weighted by molar-refractivity contribution is -0.137. The zero-order valence-electron chi connectivity index (χ0n) is 16.2. The first-order valence-electron chi connectivity index (χ1n) is 9.72. The van der Waals surface area contributed by atoms with Crippen LogP contribution in [0.4, 0.5) is 23.2 Å². The van der Waals surface area contributed by atoms with Crippen LogP contribution in [0.5, 0.6) is 0 Å². The Kier molecular flexibility index (Phi) is 5.39. The molecule has 8 heteroatoms. The lowest BCUT2D eigenvalue weighted by Crippen LogP contribution is -2.20. The van der Waals surface area contributed by atoms with E-state index in [0.717, 1.165) is 29.3 Å². The molecule has 0 fully saturated rings. The molecular formula is C23H18F4N2O2. The third-order valence-electron chi connectivity index (χ3n) is 5.45. The monoisotopic (exact) mass is 430 g/mol. The topological polar surface area (TPSA) is 62.0 Å². The minimum absolute atomic E-state index is 0.0791. The third-order valence-corrected chi connectivity index (χ3v) is 5.45. The molecule has 1 amide bonds. The fraction of sp³-hybridized carbons (Fsp3) is 0.217. The zero-order valence-corrected chi connectivity index (χ0v) is 16.2. The maximum atomic E-state index is 13.7. The van der Waals surface area contributed by atoms with Crippen LogP contribution in [-0.4, -0.2) is 10.9 Å². The molecule has 0 aliphatic heterocycles. The number of amides is 1. The Morgan fingerprint density at radius 3 is 2.58 bits per heavy atom. The molecule has 1 aromatic heterocycles. The number of halogens is 4. The van der Waals surface area contributed by atoms with Gasteiger partial charge in [-0.3, -0.25) is 9.59 Å². The van der Waals surface area contributed by atoms with E-state index in [4.69, 9.17) is 0 Å². The first-order valence-corrected chi connectivity index (χ1v) is 9.72. The van der Waals surface area contributed by atoms with Gasteiger partial charge in [-0.2, -0.15) is 13.2 Å². The molecule has 2 aromatic carbocycles. The summed E-state index contributed by atoms with van der Waals surface area (Å²) in [6.45, 7) is 0. The van der Waals surface area contributed by atoms with Gasteiger partial charge in [-0.05, 0) is 72.4 Å². The van der Waals surface area contributed by atoms with Crippen LogP contribution < -0.4 is 10.9 Å². The van der Waals surface area contributed by atoms with Crippen molar-refractivity contribution in [3.05, 3.63) is 98.7 Å². The molecule has 3 aromatic rings. The highest BCUT2D eigenvalue weighted by Gasteiger charge is 2.34. The van der Waals surface area contributed by atoms with E-state index in [9.17, 15) is 27.2 Å². The number of pyridine rings is 1. The van der Waals surface area contributed by atoms with Crippen molar-refractivity contribution in [3.8, 4) is 0 Å². The van der Waals surface area contributed by atoms with Crippen molar-refractivity contribution in [1.82, 2.24) is 4.98 Å². The fourth-order valence-corrected chi connectivity index (χ4v) is 4.06. The molecule has 1 unspecified atom stereocenters. The van der Waals surface area contributed by atoms with Gasteiger partial charge in [0.25, 0.3) is 5.91 Å². The van der Waals surface area contributed by atoms with Gasteiger partial charge in [-0.25, -0.2) is 4.39 Å². The maximum Gasteiger partial charge on any atom is 0.416 e. The minimum atomic E-state index is -4.57. The van der Waals surface area contributed by atoms with Gasteiger partial charge in [0, 0.05) is 29.4 Å². The van der Waals surface area contributed by atoms with Crippen molar-refractivity contribution < 1.29 is 22.4 Å². The summed E-state index contributed by atoms with van der Waals surface area (Å²) in [5.41, 5.74) is 0.704. The summed E-state index contributed by atoms with van der Waals surface area (Å²) < 4.78 is 53.9. The Morgan fingerprint density at radius 2 is 1.84 bits per heavy atom. The van der Waals surface area contributed by atoms with E-state index in [1.54, 1.807) is 6.07 Å². The summed E-state index contributed by atoms with van der Waals surface area (Å²) in [5, 5.41) is 2.57. The van der Waals surface area contributed by atoms with E-state index in [0.29, 0.717) is 19.3 Å². The number of nitrogens with one attached hydrogen (secondary N) is 2. The number of fused-ring (bicyclic) bond motifs is 1. The summed E-state index contributed by atoms with van der Waals surface area (Å²) in [5.74, 6) is -1.51. The number of rotatable bonds is 3. The number of anilines is 1. The van der Waals surface area contributed by atoms with Gasteiger partial charge in [0.15, 0.2) is 0 Å². The number of carbonyl (C=O) groups excluding carboxylic acids is 1. The molecule has 1 aliphatic carbocycles. The molecule has 1 atom stereocenters. The summed E-state index contributed by atoms with van der Waals surface area (Å²) in [6.07, 6.45) is -1.40. The number of alkyl halides is 3. The average molecular weight is 430 g/mol. The number of aryl methyl sites for hydroxylation is 1.